The van der Waals surface area contributed by atoms with E-state index >= 15 is 0 Å². The van der Waals surface area contributed by atoms with Gasteiger partial charge >= 0.3 is 6.03 Å². The van der Waals surface area contributed by atoms with Gasteiger partial charge in [-0.15, -0.1) is 0 Å². The van der Waals surface area contributed by atoms with Crippen molar-refractivity contribution < 1.29 is 18.8 Å². The van der Waals surface area contributed by atoms with Crippen LogP contribution in [0.4, 0.5) is 4.79 Å². The maximum Gasteiger partial charge on any atom is 0.325 e. The average molecular weight is 381 g/mol. The number of hydrogen-bond acceptors (Lipinski definition) is 4. The van der Waals surface area contributed by atoms with Crippen LogP contribution in [0.1, 0.15) is 37.1 Å². The van der Waals surface area contributed by atoms with Crippen LogP contribution in [0.3, 0.4) is 0 Å². The number of imide groups is 1. The fourth-order valence-corrected chi connectivity index (χ4v) is 3.62. The molecule has 2 aromatic rings. The number of hydrogen-bond donors (Lipinski definition) is 1. The molecule has 2 atom stereocenters. The molecular weight excluding hydrogens is 358 g/mol. The number of amides is 4. The first-order chi connectivity index (χ1) is 13.5. The lowest BCUT2D eigenvalue weighted by Crippen LogP contribution is -2.46. The molecule has 0 spiro atoms. The third-order valence-electron chi connectivity index (χ3n) is 5.46. The molecule has 7 nitrogen and oxygen atoms in total. The first-order valence-corrected chi connectivity index (χ1v) is 9.53. The van der Waals surface area contributed by atoms with Crippen LogP contribution in [0.15, 0.2) is 53.1 Å². The average Bonchev–Trinajstić information content (AvgIpc) is 3.34. The summed E-state index contributed by atoms with van der Waals surface area (Å²) in [6.07, 6.45) is 3.65. The van der Waals surface area contributed by atoms with Gasteiger partial charge in [0.1, 0.15) is 12.3 Å². The van der Waals surface area contributed by atoms with Gasteiger partial charge < -0.3 is 14.6 Å². The van der Waals surface area contributed by atoms with Gasteiger partial charge in [0, 0.05) is 12.6 Å². The van der Waals surface area contributed by atoms with E-state index in [-0.39, 0.29) is 18.5 Å². The van der Waals surface area contributed by atoms with Crippen LogP contribution in [-0.4, -0.2) is 40.2 Å². The first-order valence-electron chi connectivity index (χ1n) is 9.53. The van der Waals surface area contributed by atoms with E-state index in [9.17, 15) is 14.4 Å². The monoisotopic (exact) mass is 381 g/mol. The predicted octanol–water partition coefficient (Wildman–Crippen LogP) is 2.70. The van der Waals surface area contributed by atoms with Crippen molar-refractivity contribution in [1.29, 1.82) is 0 Å². The molecule has 7 heteroatoms. The number of carbonyl (C=O) groups is 3. The Balaban J connectivity index is 1.49. The van der Waals surface area contributed by atoms with Crippen molar-refractivity contribution in [2.75, 3.05) is 6.54 Å². The molecule has 28 heavy (non-hydrogen) atoms. The molecule has 1 aromatic heterocycles. The molecule has 1 aliphatic carbocycles. The molecule has 2 aliphatic rings. The third kappa shape index (κ3) is 3.65. The van der Waals surface area contributed by atoms with Gasteiger partial charge in [-0.05, 0) is 43.4 Å². The number of carbonyl (C=O) groups excluding carboxylic acids is 3. The Morgan fingerprint density at radius 2 is 1.96 bits per heavy atom. The fourth-order valence-electron chi connectivity index (χ4n) is 3.62. The van der Waals surface area contributed by atoms with Crippen LogP contribution in [-0.2, 0) is 16.1 Å². The van der Waals surface area contributed by atoms with E-state index in [1.54, 1.807) is 17.0 Å². The zero-order valence-electron chi connectivity index (χ0n) is 15.7. The SMILES string of the molecule is CC(C1CC1)N(Cc1ccccc1)C(=O)CN1C(=O)NC(c2ccco2)C1=O. The number of urea groups is 1. The lowest BCUT2D eigenvalue weighted by atomic mass is 10.1. The van der Waals surface area contributed by atoms with Gasteiger partial charge in [0.25, 0.3) is 5.91 Å². The highest BCUT2D eigenvalue weighted by Gasteiger charge is 2.43. The van der Waals surface area contributed by atoms with Crippen LogP contribution in [0.25, 0.3) is 0 Å². The summed E-state index contributed by atoms with van der Waals surface area (Å²) < 4.78 is 5.24. The molecule has 1 saturated carbocycles. The van der Waals surface area contributed by atoms with Gasteiger partial charge in [-0.2, -0.15) is 0 Å². The van der Waals surface area contributed by atoms with E-state index in [1.165, 1.54) is 6.26 Å². The largest absolute Gasteiger partial charge is 0.467 e. The Bertz CT molecular complexity index is 861. The van der Waals surface area contributed by atoms with E-state index < -0.39 is 18.0 Å². The summed E-state index contributed by atoms with van der Waals surface area (Å²) in [6.45, 7) is 2.23. The molecule has 2 heterocycles. The maximum atomic E-state index is 13.1. The summed E-state index contributed by atoms with van der Waals surface area (Å²) in [7, 11) is 0. The van der Waals surface area contributed by atoms with Crippen molar-refractivity contribution >= 4 is 17.8 Å². The van der Waals surface area contributed by atoms with Crippen molar-refractivity contribution in [1.82, 2.24) is 15.1 Å². The van der Waals surface area contributed by atoms with Gasteiger partial charge in [-0.25, -0.2) is 4.79 Å². The summed E-state index contributed by atoms with van der Waals surface area (Å²) in [5.41, 5.74) is 1.02. The van der Waals surface area contributed by atoms with Crippen LogP contribution in [0, 0.1) is 5.92 Å². The fraction of sp³-hybridized carbons (Fsp3) is 0.381. The number of nitrogens with one attached hydrogen (secondary N) is 1. The van der Waals surface area contributed by atoms with E-state index in [4.69, 9.17) is 4.42 Å². The summed E-state index contributed by atoms with van der Waals surface area (Å²) in [6, 6.07) is 11.7. The lowest BCUT2D eigenvalue weighted by molar-refractivity contribution is -0.139. The smallest absolute Gasteiger partial charge is 0.325 e. The van der Waals surface area contributed by atoms with E-state index in [1.807, 2.05) is 37.3 Å². The quantitative estimate of drug-likeness (QED) is 0.748. The van der Waals surface area contributed by atoms with E-state index in [0.29, 0.717) is 18.2 Å². The van der Waals surface area contributed by atoms with Crippen molar-refractivity contribution in [2.45, 2.75) is 38.4 Å². The number of furan rings is 1. The number of benzene rings is 1. The standard InChI is InChI=1S/C21H23N3O4/c1-14(16-9-10-16)23(12-15-6-3-2-4-7-15)18(25)13-24-20(26)19(22-21(24)27)17-8-5-11-28-17/h2-8,11,14,16,19H,9-10,12-13H2,1H3,(H,22,27). The van der Waals surface area contributed by atoms with Crippen LogP contribution < -0.4 is 5.32 Å². The minimum atomic E-state index is -0.876. The molecule has 4 rings (SSSR count). The topological polar surface area (TPSA) is 82.9 Å². The van der Waals surface area contributed by atoms with Crippen molar-refractivity contribution in [3.8, 4) is 0 Å². The Morgan fingerprint density at radius 1 is 1.21 bits per heavy atom. The Hall–Kier alpha value is -3.09. The number of rotatable bonds is 7. The second-order valence-electron chi connectivity index (χ2n) is 7.41. The van der Waals surface area contributed by atoms with Crippen LogP contribution in [0.5, 0.6) is 0 Å². The number of nitrogens with zero attached hydrogens (tertiary/aromatic N) is 2. The highest BCUT2D eigenvalue weighted by atomic mass is 16.3. The Kier molecular flexibility index (Phi) is 4.90. The highest BCUT2D eigenvalue weighted by molar-refractivity contribution is 6.06. The second-order valence-corrected chi connectivity index (χ2v) is 7.41. The molecule has 1 saturated heterocycles. The van der Waals surface area contributed by atoms with Crippen LogP contribution >= 0.6 is 0 Å². The predicted molar refractivity (Wildman–Crippen MR) is 101 cm³/mol. The van der Waals surface area contributed by atoms with Crippen molar-refractivity contribution in [3.05, 3.63) is 60.1 Å². The molecule has 0 radical (unpaired) electrons. The zero-order chi connectivity index (χ0) is 19.7. The lowest BCUT2D eigenvalue weighted by Gasteiger charge is -2.30. The minimum Gasteiger partial charge on any atom is -0.467 e. The molecule has 2 unspecified atom stereocenters. The maximum absolute atomic E-state index is 13.1. The minimum absolute atomic E-state index is 0.0642. The highest BCUT2D eigenvalue weighted by Crippen LogP contribution is 2.36. The Labute approximate surface area is 163 Å². The molecule has 2 fully saturated rings. The van der Waals surface area contributed by atoms with Crippen molar-refractivity contribution in [2.24, 2.45) is 5.92 Å². The molecular formula is C21H23N3O4. The Morgan fingerprint density at radius 3 is 2.61 bits per heavy atom. The van der Waals surface area contributed by atoms with Gasteiger partial charge in [0.15, 0.2) is 6.04 Å². The molecule has 1 aliphatic heterocycles. The summed E-state index contributed by atoms with van der Waals surface area (Å²) >= 11 is 0. The molecule has 1 N–H and O–H groups in total. The van der Waals surface area contributed by atoms with Crippen molar-refractivity contribution in [3.63, 3.8) is 0 Å². The summed E-state index contributed by atoms with van der Waals surface area (Å²) in [5, 5.41) is 2.59. The normalized spacial score (nSPS) is 20.2. The first kappa shape index (κ1) is 18.3. The van der Waals surface area contributed by atoms with Gasteiger partial charge in [0.2, 0.25) is 5.91 Å². The molecule has 4 amide bonds. The molecule has 0 bridgehead atoms. The molecule has 146 valence electrons. The van der Waals surface area contributed by atoms with E-state index in [2.05, 4.69) is 5.32 Å². The summed E-state index contributed by atoms with van der Waals surface area (Å²) in [5.74, 6) is 0.145. The van der Waals surface area contributed by atoms with E-state index in [0.717, 1.165) is 23.3 Å². The second kappa shape index (κ2) is 7.50. The third-order valence-corrected chi connectivity index (χ3v) is 5.46. The van der Waals surface area contributed by atoms with Gasteiger partial charge in [0.05, 0.1) is 6.26 Å². The van der Waals surface area contributed by atoms with Gasteiger partial charge in [-0.1, -0.05) is 30.3 Å². The molecule has 1 aromatic carbocycles. The van der Waals surface area contributed by atoms with Gasteiger partial charge in [-0.3, -0.25) is 14.5 Å². The summed E-state index contributed by atoms with van der Waals surface area (Å²) in [4.78, 5) is 40.8. The van der Waals surface area contributed by atoms with Crippen LogP contribution in [0.2, 0.25) is 0 Å². The zero-order valence-corrected chi connectivity index (χ0v) is 15.7.